The predicted octanol–water partition coefficient (Wildman–Crippen LogP) is 5.03. The number of ether oxygens (including phenoxy) is 1. The normalized spacial score (nSPS) is 21.7. The Bertz CT molecular complexity index is 1020. The predicted molar refractivity (Wildman–Crippen MR) is 142 cm³/mol. The summed E-state index contributed by atoms with van der Waals surface area (Å²) in [6.45, 7) is 11.1. The van der Waals surface area contributed by atoms with E-state index in [1.54, 1.807) is 24.9 Å². The highest BCUT2D eigenvalue weighted by Gasteiger charge is 2.38. The molecule has 36 heavy (non-hydrogen) atoms. The monoisotopic (exact) mass is 516 g/mol. The molecule has 0 spiro atoms. The van der Waals surface area contributed by atoms with Crippen LogP contribution in [0.3, 0.4) is 0 Å². The smallest absolute Gasteiger partial charge is 0.348 e. The van der Waals surface area contributed by atoms with Crippen molar-refractivity contribution in [1.82, 2.24) is 4.90 Å². The lowest BCUT2D eigenvalue weighted by Gasteiger charge is -2.38. The van der Waals surface area contributed by atoms with Crippen LogP contribution in [0, 0.1) is 29.1 Å². The maximum Gasteiger partial charge on any atom is 0.348 e. The van der Waals surface area contributed by atoms with Crippen LogP contribution >= 0.6 is 11.3 Å². The lowest BCUT2D eigenvalue weighted by atomic mass is 9.82. The van der Waals surface area contributed by atoms with Crippen molar-refractivity contribution in [2.75, 3.05) is 25.2 Å². The second kappa shape index (κ2) is 11.8. The quantitative estimate of drug-likeness (QED) is 0.536. The van der Waals surface area contributed by atoms with Gasteiger partial charge in [0.25, 0.3) is 0 Å². The first-order valence-corrected chi connectivity index (χ1v) is 13.8. The van der Waals surface area contributed by atoms with Crippen LogP contribution in [0.2, 0.25) is 0 Å². The Morgan fingerprint density at radius 3 is 2.28 bits per heavy atom. The van der Waals surface area contributed by atoms with E-state index in [4.69, 9.17) is 4.74 Å². The molecule has 1 aliphatic carbocycles. The van der Waals surface area contributed by atoms with Gasteiger partial charge < -0.3 is 14.7 Å². The Kier molecular flexibility index (Phi) is 9.23. The molecule has 1 aromatic rings. The van der Waals surface area contributed by atoms with Crippen LogP contribution < -0.4 is 4.90 Å². The maximum atomic E-state index is 14.0. The van der Waals surface area contributed by atoms with Gasteiger partial charge in [-0.1, -0.05) is 18.8 Å². The van der Waals surface area contributed by atoms with E-state index in [-0.39, 0.29) is 39.8 Å². The molecule has 1 atom stereocenters. The number of carboxylic acids is 1. The van der Waals surface area contributed by atoms with Crippen molar-refractivity contribution in [3.8, 4) is 11.8 Å². The van der Waals surface area contributed by atoms with Crippen LogP contribution in [0.1, 0.15) is 87.7 Å². The van der Waals surface area contributed by atoms with Crippen LogP contribution in [0.15, 0.2) is 6.07 Å². The van der Waals surface area contributed by atoms with Crippen LogP contribution in [-0.4, -0.2) is 60.1 Å². The number of carboxylic acid groups (broad SMARTS) is 1. The molecule has 3 rings (SSSR count). The van der Waals surface area contributed by atoms with Gasteiger partial charge in [-0.05, 0) is 78.2 Å². The van der Waals surface area contributed by atoms with Crippen molar-refractivity contribution in [3.05, 3.63) is 15.8 Å². The third-order valence-corrected chi connectivity index (χ3v) is 8.19. The Morgan fingerprint density at radius 1 is 1.11 bits per heavy atom. The van der Waals surface area contributed by atoms with Crippen molar-refractivity contribution in [1.29, 1.82) is 0 Å². The molecular weight excluding hydrogens is 476 g/mol. The summed E-state index contributed by atoms with van der Waals surface area (Å²) in [5.41, 5.74) is 0.0212. The number of rotatable bonds is 6. The van der Waals surface area contributed by atoms with Gasteiger partial charge in [-0.15, -0.1) is 11.3 Å². The average Bonchev–Trinajstić information content (AvgIpc) is 3.26. The molecule has 1 N–H and O–H groups in total. The Balaban J connectivity index is 2.01. The first-order valence-electron chi connectivity index (χ1n) is 13.0. The standard InChI is InChI=1S/C28H40N2O5S/c1-18-7-9-20(10-8-18)26(32)30(19(2)25(31)29(6)21-12-15-35-16-13-21)23-17-22(11-14-28(3,4)5)36-24(23)27(33)34/h17-21H,7-10,12-13,15-16H2,1-6H3,(H,33,34)/t18-,19-,20-/m0/s1. The van der Waals surface area contributed by atoms with Crippen LogP contribution in [0.5, 0.6) is 0 Å². The van der Waals surface area contributed by atoms with E-state index in [1.165, 1.54) is 4.90 Å². The lowest BCUT2D eigenvalue weighted by Crippen LogP contribution is -2.53. The molecule has 1 saturated heterocycles. The van der Waals surface area contributed by atoms with Crippen molar-refractivity contribution in [2.24, 2.45) is 17.3 Å². The molecule has 2 fully saturated rings. The maximum absolute atomic E-state index is 14.0. The average molecular weight is 517 g/mol. The molecule has 0 bridgehead atoms. The molecule has 2 heterocycles. The highest BCUT2D eigenvalue weighted by atomic mass is 32.1. The van der Waals surface area contributed by atoms with Gasteiger partial charge >= 0.3 is 5.97 Å². The summed E-state index contributed by atoms with van der Waals surface area (Å²) < 4.78 is 5.45. The first-order chi connectivity index (χ1) is 16.9. The highest BCUT2D eigenvalue weighted by Crippen LogP contribution is 2.36. The van der Waals surface area contributed by atoms with Crippen LogP contribution in [0.25, 0.3) is 0 Å². The summed E-state index contributed by atoms with van der Waals surface area (Å²) in [6.07, 6.45) is 4.88. The Morgan fingerprint density at radius 2 is 1.72 bits per heavy atom. The zero-order valence-corrected chi connectivity index (χ0v) is 23.2. The van der Waals surface area contributed by atoms with Crippen LogP contribution in [-0.2, 0) is 14.3 Å². The van der Waals surface area contributed by atoms with Crippen LogP contribution in [0.4, 0.5) is 5.69 Å². The fourth-order valence-corrected chi connectivity index (χ4v) is 5.75. The summed E-state index contributed by atoms with van der Waals surface area (Å²) in [5, 5.41) is 10.0. The number of thiophene rings is 1. The minimum Gasteiger partial charge on any atom is -0.477 e. The molecule has 8 heteroatoms. The van der Waals surface area contributed by atoms with E-state index < -0.39 is 12.0 Å². The highest BCUT2D eigenvalue weighted by molar-refractivity contribution is 7.15. The molecule has 1 aliphatic heterocycles. The third kappa shape index (κ3) is 6.89. The summed E-state index contributed by atoms with van der Waals surface area (Å²) in [5.74, 6) is 5.09. The molecule has 2 amide bonds. The Labute approximate surface area is 219 Å². The number of hydrogen-bond acceptors (Lipinski definition) is 5. The minimum atomic E-state index is -1.12. The van der Waals surface area contributed by atoms with E-state index in [0.717, 1.165) is 49.9 Å². The first kappa shape index (κ1) is 28.2. The second-order valence-corrected chi connectivity index (χ2v) is 12.3. The second-order valence-electron chi connectivity index (χ2n) is 11.3. The Hall–Kier alpha value is -2.37. The van der Waals surface area contributed by atoms with E-state index in [0.29, 0.717) is 24.0 Å². The minimum absolute atomic E-state index is 0.0378. The topological polar surface area (TPSA) is 87.2 Å². The number of nitrogens with zero attached hydrogens (tertiary/aromatic N) is 2. The summed E-state index contributed by atoms with van der Waals surface area (Å²) in [7, 11) is 1.77. The van der Waals surface area contributed by atoms with Gasteiger partial charge in [0.15, 0.2) is 0 Å². The molecule has 198 valence electrons. The fraction of sp³-hybridized carbons (Fsp3) is 0.679. The number of amides is 2. The number of hydrogen-bond donors (Lipinski definition) is 1. The van der Waals surface area contributed by atoms with Crippen molar-refractivity contribution in [2.45, 2.75) is 85.2 Å². The zero-order chi connectivity index (χ0) is 26.6. The summed E-state index contributed by atoms with van der Waals surface area (Å²) in [4.78, 5) is 43.7. The van der Waals surface area contributed by atoms with Crippen molar-refractivity contribution < 1.29 is 24.2 Å². The lowest BCUT2D eigenvalue weighted by molar-refractivity contribution is -0.137. The van der Waals surface area contributed by atoms with Gasteiger partial charge in [0, 0.05) is 37.6 Å². The molecule has 1 aromatic heterocycles. The number of carbonyl (C=O) groups is 3. The third-order valence-electron chi connectivity index (χ3n) is 7.16. The SMILES string of the molecule is C[C@@H](C(=O)N(C)C1CCOCC1)N(c1cc(C#CC(C)(C)C)sc1C(=O)O)C(=O)[C@H]1CC[C@H](C)CC1. The van der Waals surface area contributed by atoms with E-state index in [9.17, 15) is 19.5 Å². The molecule has 1 saturated carbocycles. The van der Waals surface area contributed by atoms with Gasteiger partial charge in [0.1, 0.15) is 10.9 Å². The van der Waals surface area contributed by atoms with Crippen molar-refractivity contribution in [3.63, 3.8) is 0 Å². The van der Waals surface area contributed by atoms with Crippen molar-refractivity contribution >= 4 is 34.8 Å². The summed E-state index contributed by atoms with van der Waals surface area (Å²) >= 11 is 1.06. The van der Waals surface area contributed by atoms with Gasteiger partial charge in [-0.3, -0.25) is 14.5 Å². The summed E-state index contributed by atoms with van der Waals surface area (Å²) in [6, 6.07) is 0.880. The zero-order valence-electron chi connectivity index (χ0n) is 22.4. The number of anilines is 1. The van der Waals surface area contributed by atoms with Gasteiger partial charge in [0.2, 0.25) is 11.8 Å². The van der Waals surface area contributed by atoms with Gasteiger partial charge in [-0.25, -0.2) is 4.79 Å². The molecule has 0 aromatic carbocycles. The molecule has 0 radical (unpaired) electrons. The number of carbonyl (C=O) groups excluding carboxylic acids is 2. The molecular formula is C28H40N2O5S. The van der Waals surface area contributed by atoms with Gasteiger partial charge in [0.05, 0.1) is 10.6 Å². The van der Waals surface area contributed by atoms with Gasteiger partial charge in [-0.2, -0.15) is 0 Å². The molecule has 7 nitrogen and oxygen atoms in total. The van der Waals surface area contributed by atoms with E-state index >= 15 is 0 Å². The largest absolute Gasteiger partial charge is 0.477 e. The fourth-order valence-electron chi connectivity index (χ4n) is 4.90. The number of likely N-dealkylation sites (N-methyl/N-ethyl adjacent to an activating group) is 1. The molecule has 0 unspecified atom stereocenters. The molecule has 2 aliphatic rings. The number of aromatic carboxylic acids is 1. The van der Waals surface area contributed by atoms with E-state index in [1.807, 2.05) is 20.8 Å². The van der Waals surface area contributed by atoms with E-state index in [2.05, 4.69) is 18.8 Å².